The predicted octanol–water partition coefficient (Wildman–Crippen LogP) is 2.32. The Hall–Kier alpha value is -1.69. The Bertz CT molecular complexity index is 636. The molecule has 0 unspecified atom stereocenters. The van der Waals surface area contributed by atoms with Gasteiger partial charge in [0.15, 0.2) is 22.2 Å². The average Bonchev–Trinajstić information content (AvgIpc) is 2.42. The molecule has 0 N–H and O–H groups in total. The quantitative estimate of drug-likeness (QED) is 0.750. The molecular formula is C16H22O5S. The van der Waals surface area contributed by atoms with Gasteiger partial charge in [0.05, 0.1) is 17.1 Å². The Balaban J connectivity index is 2.53. The molecule has 1 aromatic rings. The van der Waals surface area contributed by atoms with E-state index < -0.39 is 21.2 Å². The van der Waals surface area contributed by atoms with E-state index in [-0.39, 0.29) is 29.5 Å². The van der Waals surface area contributed by atoms with Crippen LogP contribution in [0.1, 0.15) is 32.8 Å². The third-order valence-corrected chi connectivity index (χ3v) is 4.89. The van der Waals surface area contributed by atoms with E-state index in [0.717, 1.165) is 5.56 Å². The van der Waals surface area contributed by atoms with Gasteiger partial charge in [-0.3, -0.25) is 9.59 Å². The first-order chi connectivity index (χ1) is 10.0. The van der Waals surface area contributed by atoms with Gasteiger partial charge in [-0.05, 0) is 19.1 Å². The molecule has 1 rings (SSSR count). The van der Waals surface area contributed by atoms with Crippen molar-refractivity contribution in [1.82, 2.24) is 0 Å². The van der Waals surface area contributed by atoms with Crippen molar-refractivity contribution in [2.45, 2.75) is 39.0 Å². The van der Waals surface area contributed by atoms with Crippen LogP contribution >= 0.6 is 0 Å². The van der Waals surface area contributed by atoms with E-state index in [9.17, 15) is 18.0 Å². The van der Waals surface area contributed by atoms with E-state index in [1.54, 1.807) is 32.9 Å². The van der Waals surface area contributed by atoms with Crippen LogP contribution in [0.5, 0.6) is 0 Å². The number of aryl methyl sites for hydroxylation is 1. The fraction of sp³-hybridized carbons (Fsp3) is 0.500. The fourth-order valence-corrected chi connectivity index (χ4v) is 2.74. The topological polar surface area (TPSA) is 77.5 Å². The lowest BCUT2D eigenvalue weighted by atomic mass is 9.91. The number of benzene rings is 1. The van der Waals surface area contributed by atoms with Crippen molar-refractivity contribution in [3.63, 3.8) is 0 Å². The van der Waals surface area contributed by atoms with E-state index in [4.69, 9.17) is 4.74 Å². The first-order valence-corrected chi connectivity index (χ1v) is 8.66. The van der Waals surface area contributed by atoms with Gasteiger partial charge in [-0.15, -0.1) is 0 Å². The molecule has 22 heavy (non-hydrogen) atoms. The number of rotatable bonds is 6. The first kappa shape index (κ1) is 18.4. The Kier molecular flexibility index (Phi) is 5.88. The second-order valence-electron chi connectivity index (χ2n) is 6.22. The second kappa shape index (κ2) is 7.05. The molecule has 5 nitrogen and oxygen atoms in total. The molecule has 6 heteroatoms. The zero-order valence-corrected chi connectivity index (χ0v) is 14.2. The van der Waals surface area contributed by atoms with Crippen LogP contribution in [-0.4, -0.2) is 32.5 Å². The van der Waals surface area contributed by atoms with E-state index in [1.807, 2.05) is 6.92 Å². The summed E-state index contributed by atoms with van der Waals surface area (Å²) < 4.78 is 29.0. The number of hydrogen-bond donors (Lipinski definition) is 0. The maximum absolute atomic E-state index is 12.1. The Morgan fingerprint density at radius 1 is 1.09 bits per heavy atom. The highest BCUT2D eigenvalue weighted by Crippen LogP contribution is 2.15. The van der Waals surface area contributed by atoms with E-state index in [0.29, 0.717) is 0 Å². The number of ketones is 1. The second-order valence-corrected chi connectivity index (χ2v) is 8.32. The van der Waals surface area contributed by atoms with Crippen molar-refractivity contribution in [1.29, 1.82) is 0 Å². The first-order valence-electron chi connectivity index (χ1n) is 7.01. The third-order valence-electron chi connectivity index (χ3n) is 3.16. The molecule has 0 saturated carbocycles. The lowest BCUT2D eigenvalue weighted by molar-refractivity contribution is -0.149. The maximum Gasteiger partial charge on any atom is 0.307 e. The van der Waals surface area contributed by atoms with Gasteiger partial charge in [0, 0.05) is 5.41 Å². The Morgan fingerprint density at radius 2 is 1.64 bits per heavy atom. The Morgan fingerprint density at radius 3 is 2.14 bits per heavy atom. The highest BCUT2D eigenvalue weighted by atomic mass is 32.2. The van der Waals surface area contributed by atoms with Crippen molar-refractivity contribution >= 4 is 21.6 Å². The van der Waals surface area contributed by atoms with Gasteiger partial charge in [0.1, 0.15) is 0 Å². The molecule has 0 saturated heterocycles. The molecule has 0 spiro atoms. The van der Waals surface area contributed by atoms with Crippen LogP contribution < -0.4 is 0 Å². The van der Waals surface area contributed by atoms with Crippen LogP contribution in [0.3, 0.4) is 0 Å². The summed E-state index contributed by atoms with van der Waals surface area (Å²) >= 11 is 0. The van der Waals surface area contributed by atoms with E-state index >= 15 is 0 Å². The molecular weight excluding hydrogens is 304 g/mol. The van der Waals surface area contributed by atoms with Crippen LogP contribution in [0.2, 0.25) is 0 Å². The van der Waals surface area contributed by atoms with Crippen molar-refractivity contribution in [2.75, 3.05) is 12.4 Å². The number of esters is 1. The summed E-state index contributed by atoms with van der Waals surface area (Å²) in [6, 6.07) is 6.43. The van der Waals surface area contributed by atoms with Crippen molar-refractivity contribution < 1.29 is 22.7 Å². The van der Waals surface area contributed by atoms with Crippen LogP contribution in [0.25, 0.3) is 0 Å². The summed E-state index contributed by atoms with van der Waals surface area (Å²) in [4.78, 5) is 23.4. The molecule has 0 bridgehead atoms. The molecule has 0 fully saturated rings. The molecule has 1 aromatic carbocycles. The lowest BCUT2D eigenvalue weighted by Crippen LogP contribution is -2.26. The largest absolute Gasteiger partial charge is 0.458 e. The molecule has 0 aliphatic carbocycles. The van der Waals surface area contributed by atoms with Crippen LogP contribution in [-0.2, 0) is 24.2 Å². The summed E-state index contributed by atoms with van der Waals surface area (Å²) in [5, 5.41) is 0. The molecule has 0 aliphatic rings. The summed E-state index contributed by atoms with van der Waals surface area (Å²) in [5.74, 6) is -1.23. The minimum absolute atomic E-state index is 0.177. The lowest BCUT2D eigenvalue weighted by Gasteiger charge is -2.16. The van der Waals surface area contributed by atoms with Crippen molar-refractivity contribution in [2.24, 2.45) is 5.41 Å². The van der Waals surface area contributed by atoms with Gasteiger partial charge in [-0.1, -0.05) is 38.5 Å². The van der Waals surface area contributed by atoms with Crippen molar-refractivity contribution in [3.05, 3.63) is 29.8 Å². The summed E-state index contributed by atoms with van der Waals surface area (Å²) in [6.45, 7) is 6.72. The van der Waals surface area contributed by atoms with E-state index in [1.165, 1.54) is 12.1 Å². The maximum atomic E-state index is 12.1. The summed E-state index contributed by atoms with van der Waals surface area (Å²) in [6.07, 6.45) is -0.270. The highest BCUT2D eigenvalue weighted by Gasteiger charge is 2.23. The predicted molar refractivity (Wildman–Crippen MR) is 83.3 cm³/mol. The number of carbonyl (C=O) groups excluding carboxylic acids is 2. The smallest absolute Gasteiger partial charge is 0.307 e. The third kappa shape index (κ3) is 5.60. The number of sulfone groups is 1. The van der Waals surface area contributed by atoms with Gasteiger partial charge < -0.3 is 4.74 Å². The minimum atomic E-state index is -3.52. The number of hydrogen-bond acceptors (Lipinski definition) is 5. The summed E-state index contributed by atoms with van der Waals surface area (Å²) in [5.41, 5.74) is 0.368. The fourth-order valence-electron chi connectivity index (χ4n) is 1.52. The van der Waals surface area contributed by atoms with Gasteiger partial charge in [0.2, 0.25) is 0 Å². The molecule has 0 amide bonds. The van der Waals surface area contributed by atoms with Gasteiger partial charge in [-0.2, -0.15) is 0 Å². The molecule has 0 aliphatic heterocycles. The van der Waals surface area contributed by atoms with E-state index in [2.05, 4.69) is 0 Å². The zero-order chi connectivity index (χ0) is 17.0. The van der Waals surface area contributed by atoms with Crippen LogP contribution in [0, 0.1) is 12.3 Å². The monoisotopic (exact) mass is 326 g/mol. The molecule has 0 heterocycles. The van der Waals surface area contributed by atoms with Gasteiger partial charge in [-0.25, -0.2) is 8.42 Å². The van der Waals surface area contributed by atoms with Gasteiger partial charge in [0.25, 0.3) is 0 Å². The molecule has 0 aromatic heterocycles. The van der Waals surface area contributed by atoms with Gasteiger partial charge >= 0.3 is 5.97 Å². The normalized spacial score (nSPS) is 12.0. The van der Waals surface area contributed by atoms with Crippen LogP contribution in [0.4, 0.5) is 0 Å². The average molecular weight is 326 g/mol. The Labute approximate surface area is 131 Å². The molecule has 0 radical (unpaired) electrons. The number of carbonyl (C=O) groups is 2. The molecule has 0 atom stereocenters. The number of ether oxygens (including phenoxy) is 1. The van der Waals surface area contributed by atoms with Crippen molar-refractivity contribution in [3.8, 4) is 0 Å². The zero-order valence-electron chi connectivity index (χ0n) is 13.4. The summed E-state index contributed by atoms with van der Waals surface area (Å²) in [7, 11) is -3.52. The standard InChI is InChI=1S/C16H22O5S/c1-12-5-7-13(8-6-12)22(19,20)10-9-15(18)21-11-14(17)16(2,3)4/h5-8H,9-11H2,1-4H3. The SMILES string of the molecule is Cc1ccc(S(=O)(=O)CCC(=O)OCC(=O)C(C)(C)C)cc1. The van der Waals surface area contributed by atoms with Crippen LogP contribution in [0.15, 0.2) is 29.2 Å². The number of Topliss-reactive ketones (excluding diaryl/α,β-unsaturated/α-hetero) is 1. The molecule has 122 valence electrons. The highest BCUT2D eigenvalue weighted by molar-refractivity contribution is 7.91. The minimum Gasteiger partial charge on any atom is -0.458 e.